The van der Waals surface area contributed by atoms with E-state index in [-0.39, 0.29) is 10.5 Å². The lowest BCUT2D eigenvalue weighted by molar-refractivity contribution is 0.318. The molecule has 0 aliphatic rings. The summed E-state index contributed by atoms with van der Waals surface area (Å²) in [6.45, 7) is 2.31. The highest BCUT2D eigenvalue weighted by molar-refractivity contribution is 7.14. The predicted molar refractivity (Wildman–Crippen MR) is 94.9 cm³/mol. The summed E-state index contributed by atoms with van der Waals surface area (Å²) in [5.41, 5.74) is 2.55. The van der Waals surface area contributed by atoms with E-state index < -0.39 is 0 Å². The highest BCUT2D eigenvalue weighted by Gasteiger charge is 2.10. The number of rotatable bonds is 3. The van der Waals surface area contributed by atoms with Gasteiger partial charge in [-0.1, -0.05) is 29.5 Å². The smallest absolute Gasteiger partial charge is 0.259 e. The third-order valence-electron chi connectivity index (χ3n) is 3.75. The van der Waals surface area contributed by atoms with E-state index in [0.717, 1.165) is 27.9 Å². The third-order valence-corrected chi connectivity index (χ3v) is 4.60. The second-order valence-corrected chi connectivity index (χ2v) is 6.24. The Balaban J connectivity index is 1.99. The van der Waals surface area contributed by atoms with Crippen molar-refractivity contribution >= 4 is 33.4 Å². The number of thiazole rings is 1. The largest absolute Gasteiger partial charge is 0.504 e. The fourth-order valence-corrected chi connectivity index (χ4v) is 3.56. The van der Waals surface area contributed by atoms with Gasteiger partial charge in [-0.25, -0.2) is 4.98 Å². The van der Waals surface area contributed by atoms with Crippen molar-refractivity contribution < 1.29 is 9.84 Å². The molecule has 2 aromatic heterocycles. The summed E-state index contributed by atoms with van der Waals surface area (Å²) in [5.74, 6) is 0.487. The number of para-hydroxylation sites is 2. The number of aromatic nitrogens is 2. The number of phenolic OH excluding ortho intramolecular Hbond substituents is 1. The van der Waals surface area contributed by atoms with Crippen molar-refractivity contribution in [2.75, 3.05) is 6.61 Å². The van der Waals surface area contributed by atoms with Gasteiger partial charge in [0.2, 0.25) is 0 Å². The average Bonchev–Trinajstić information content (AvgIpc) is 3.07. The Morgan fingerprint density at radius 1 is 1.29 bits per heavy atom. The lowest BCUT2D eigenvalue weighted by Crippen LogP contribution is -2.23. The third kappa shape index (κ3) is 2.32. The molecule has 0 radical (unpaired) electrons. The van der Waals surface area contributed by atoms with E-state index >= 15 is 0 Å². The van der Waals surface area contributed by atoms with Gasteiger partial charge in [-0.05, 0) is 42.8 Å². The first-order valence-electron chi connectivity index (χ1n) is 7.55. The molecule has 2 heterocycles. The van der Waals surface area contributed by atoms with Gasteiger partial charge in [0, 0.05) is 0 Å². The van der Waals surface area contributed by atoms with Crippen LogP contribution < -0.4 is 14.8 Å². The molecular weight excluding hydrogens is 324 g/mol. The van der Waals surface area contributed by atoms with Crippen LogP contribution in [-0.4, -0.2) is 21.1 Å². The SMILES string of the molecule is CCOc1cc(/C=c2\c(=O)sc3nc4ccccc4n23)ccc1O. The van der Waals surface area contributed by atoms with Gasteiger partial charge in [0.05, 0.1) is 17.6 Å². The summed E-state index contributed by atoms with van der Waals surface area (Å²) in [6.07, 6.45) is 1.79. The van der Waals surface area contributed by atoms with Crippen molar-refractivity contribution in [2.24, 2.45) is 0 Å². The van der Waals surface area contributed by atoms with Crippen molar-refractivity contribution in [1.29, 1.82) is 0 Å². The molecule has 0 fully saturated rings. The van der Waals surface area contributed by atoms with Crippen LogP contribution in [0.5, 0.6) is 11.5 Å². The molecule has 0 spiro atoms. The normalized spacial score (nSPS) is 12.3. The van der Waals surface area contributed by atoms with Crippen molar-refractivity contribution in [3.05, 3.63) is 62.9 Å². The number of fused-ring (bicyclic) bond motifs is 3. The molecule has 0 unspecified atom stereocenters. The number of benzene rings is 2. The Labute approximate surface area is 141 Å². The summed E-state index contributed by atoms with van der Waals surface area (Å²) in [7, 11) is 0. The maximum atomic E-state index is 12.4. The first-order valence-corrected chi connectivity index (χ1v) is 8.36. The zero-order chi connectivity index (χ0) is 16.7. The quantitative estimate of drug-likeness (QED) is 0.623. The maximum absolute atomic E-state index is 12.4. The van der Waals surface area contributed by atoms with Gasteiger partial charge in [0.1, 0.15) is 5.35 Å². The summed E-state index contributed by atoms with van der Waals surface area (Å²) in [4.78, 5) is 17.5. The highest BCUT2D eigenvalue weighted by Crippen LogP contribution is 2.27. The van der Waals surface area contributed by atoms with Crippen LogP contribution in [0.25, 0.3) is 22.1 Å². The number of hydrogen-bond acceptors (Lipinski definition) is 5. The Bertz CT molecular complexity index is 1160. The molecule has 0 aliphatic carbocycles. The van der Waals surface area contributed by atoms with Gasteiger partial charge >= 0.3 is 0 Å². The van der Waals surface area contributed by atoms with Crippen LogP contribution in [0.3, 0.4) is 0 Å². The molecule has 6 heteroatoms. The molecular formula is C18H14N2O3S. The number of phenols is 1. The minimum atomic E-state index is -0.0470. The molecule has 24 heavy (non-hydrogen) atoms. The number of nitrogens with zero attached hydrogens (tertiary/aromatic N) is 2. The minimum Gasteiger partial charge on any atom is -0.504 e. The number of ether oxygens (including phenoxy) is 1. The average molecular weight is 338 g/mol. The van der Waals surface area contributed by atoms with Crippen molar-refractivity contribution in [3.63, 3.8) is 0 Å². The standard InChI is InChI=1S/C18H14N2O3S/c1-2-23-16-10-11(7-8-15(16)21)9-14-17(22)24-18-19-12-5-3-4-6-13(12)20(14)18/h3-10,21H,2H2,1H3/b14-9+. The van der Waals surface area contributed by atoms with Gasteiger partial charge in [0.25, 0.3) is 4.74 Å². The predicted octanol–water partition coefficient (Wildman–Crippen LogP) is 2.56. The summed E-state index contributed by atoms with van der Waals surface area (Å²) in [5, 5.41) is 10.4. The first kappa shape index (κ1) is 14.7. The van der Waals surface area contributed by atoms with Crippen LogP contribution in [0, 0.1) is 0 Å². The highest BCUT2D eigenvalue weighted by atomic mass is 32.1. The van der Waals surface area contributed by atoms with Crippen LogP contribution in [0.4, 0.5) is 0 Å². The lowest BCUT2D eigenvalue weighted by atomic mass is 10.2. The molecule has 0 saturated heterocycles. The summed E-state index contributed by atoms with van der Waals surface area (Å²) < 4.78 is 7.23. The number of hydrogen-bond donors (Lipinski definition) is 1. The van der Waals surface area contributed by atoms with E-state index in [9.17, 15) is 9.90 Å². The van der Waals surface area contributed by atoms with E-state index in [0.29, 0.717) is 22.7 Å². The molecule has 0 aliphatic heterocycles. The minimum absolute atomic E-state index is 0.0470. The van der Waals surface area contributed by atoms with Crippen LogP contribution in [-0.2, 0) is 0 Å². The molecule has 1 N–H and O–H groups in total. The topological polar surface area (TPSA) is 63.8 Å². The Hall–Kier alpha value is -2.86. The van der Waals surface area contributed by atoms with Crippen LogP contribution in [0.15, 0.2) is 47.3 Å². The monoisotopic (exact) mass is 338 g/mol. The van der Waals surface area contributed by atoms with E-state index in [1.54, 1.807) is 24.3 Å². The van der Waals surface area contributed by atoms with Crippen LogP contribution >= 0.6 is 11.3 Å². The molecule has 0 atom stereocenters. The maximum Gasteiger partial charge on any atom is 0.259 e. The molecule has 4 aromatic rings. The van der Waals surface area contributed by atoms with E-state index in [4.69, 9.17) is 4.74 Å². The first-order chi connectivity index (χ1) is 11.7. The van der Waals surface area contributed by atoms with Gasteiger partial charge in [-0.15, -0.1) is 0 Å². The lowest BCUT2D eigenvalue weighted by Gasteiger charge is -2.06. The zero-order valence-electron chi connectivity index (χ0n) is 12.9. The summed E-state index contributed by atoms with van der Waals surface area (Å²) in [6, 6.07) is 12.8. The molecule has 0 amide bonds. The fraction of sp³-hybridized carbons (Fsp3) is 0.111. The Kier molecular flexibility index (Phi) is 3.46. The van der Waals surface area contributed by atoms with Crippen molar-refractivity contribution in [1.82, 2.24) is 9.38 Å². The molecule has 0 bridgehead atoms. The second-order valence-electron chi connectivity index (χ2n) is 5.30. The van der Waals surface area contributed by atoms with Gasteiger partial charge in [-0.2, -0.15) is 0 Å². The van der Waals surface area contributed by atoms with Crippen molar-refractivity contribution in [2.45, 2.75) is 6.92 Å². The fourth-order valence-electron chi connectivity index (χ4n) is 2.70. The van der Waals surface area contributed by atoms with Gasteiger partial charge in [-0.3, -0.25) is 9.20 Å². The van der Waals surface area contributed by atoms with E-state index in [1.807, 2.05) is 35.6 Å². The molecule has 5 nitrogen and oxygen atoms in total. The molecule has 4 rings (SSSR count). The number of aromatic hydroxyl groups is 1. The van der Waals surface area contributed by atoms with Gasteiger partial charge < -0.3 is 9.84 Å². The molecule has 120 valence electrons. The number of imidazole rings is 1. The molecule has 2 aromatic carbocycles. The zero-order valence-corrected chi connectivity index (χ0v) is 13.7. The van der Waals surface area contributed by atoms with Gasteiger partial charge in [0.15, 0.2) is 16.5 Å². The van der Waals surface area contributed by atoms with Crippen LogP contribution in [0.2, 0.25) is 0 Å². The van der Waals surface area contributed by atoms with E-state index in [2.05, 4.69) is 4.98 Å². The van der Waals surface area contributed by atoms with Crippen LogP contribution in [0.1, 0.15) is 12.5 Å². The Morgan fingerprint density at radius 2 is 2.12 bits per heavy atom. The van der Waals surface area contributed by atoms with Crippen molar-refractivity contribution in [3.8, 4) is 11.5 Å². The second kappa shape index (κ2) is 5.65. The Morgan fingerprint density at radius 3 is 2.96 bits per heavy atom. The molecule has 0 saturated carbocycles. The summed E-state index contributed by atoms with van der Waals surface area (Å²) >= 11 is 1.13. The van der Waals surface area contributed by atoms with E-state index in [1.165, 1.54) is 0 Å².